The molecule has 2 atom stereocenters. The molecule has 2 amide bonds. The standard InChI is InChI=1S/C30H36FN5O4/c1-18-16-35(19(2)15-34(18)17-21-7-9-22(31)10-8-21)29(38)24-13-23-25(14-26(24)40-4)36(32)20(3)27(23)28(37)30(39)33-11-5-6-12-33/h7-10,13-14,18-19H,5-6,11-12,15-17,32H2,1-4H3/t18-,19?/m0/s1. The lowest BCUT2D eigenvalue weighted by Gasteiger charge is -2.44. The number of nitrogen functional groups attached to an aromatic ring is 1. The molecule has 2 fully saturated rings. The molecule has 0 bridgehead atoms. The predicted octanol–water partition coefficient (Wildman–Crippen LogP) is 3.35. The molecule has 0 radical (unpaired) electrons. The van der Waals surface area contributed by atoms with Crippen LogP contribution >= 0.6 is 0 Å². The molecule has 3 aromatic rings. The number of nitrogens with zero attached hydrogens (tertiary/aromatic N) is 4. The van der Waals surface area contributed by atoms with Crippen LogP contribution in [-0.2, 0) is 11.3 Å². The van der Waals surface area contributed by atoms with E-state index in [1.807, 2.05) is 11.8 Å². The lowest BCUT2D eigenvalue weighted by Crippen LogP contribution is -2.57. The number of rotatable bonds is 6. The minimum Gasteiger partial charge on any atom is -0.496 e. The Morgan fingerprint density at radius 3 is 2.35 bits per heavy atom. The van der Waals surface area contributed by atoms with E-state index in [9.17, 15) is 18.8 Å². The fraction of sp³-hybridized carbons (Fsp3) is 0.433. The van der Waals surface area contributed by atoms with Crippen LogP contribution in [0.4, 0.5) is 4.39 Å². The third-order valence-electron chi connectivity index (χ3n) is 8.29. The second-order valence-corrected chi connectivity index (χ2v) is 10.9. The van der Waals surface area contributed by atoms with Gasteiger partial charge in [-0.3, -0.25) is 24.0 Å². The van der Waals surface area contributed by atoms with Gasteiger partial charge in [-0.25, -0.2) is 4.39 Å². The summed E-state index contributed by atoms with van der Waals surface area (Å²) < 4.78 is 20.3. The van der Waals surface area contributed by atoms with Gasteiger partial charge in [0.1, 0.15) is 11.6 Å². The molecule has 2 N–H and O–H groups in total. The van der Waals surface area contributed by atoms with Crippen LogP contribution in [-0.4, -0.2) is 82.3 Å². The highest BCUT2D eigenvalue weighted by Crippen LogP contribution is 2.33. The van der Waals surface area contributed by atoms with Crippen LogP contribution in [0.25, 0.3) is 10.9 Å². The first-order chi connectivity index (χ1) is 19.1. The number of likely N-dealkylation sites (tertiary alicyclic amines) is 1. The third-order valence-corrected chi connectivity index (χ3v) is 8.29. The van der Waals surface area contributed by atoms with Crippen molar-refractivity contribution in [2.45, 2.75) is 52.2 Å². The highest BCUT2D eigenvalue weighted by molar-refractivity contribution is 6.45. The van der Waals surface area contributed by atoms with E-state index >= 15 is 0 Å². The smallest absolute Gasteiger partial charge is 0.295 e. The number of nitrogens with two attached hydrogens (primary N) is 1. The summed E-state index contributed by atoms with van der Waals surface area (Å²) in [5, 5.41) is 0.456. The van der Waals surface area contributed by atoms with Crippen LogP contribution in [0.5, 0.6) is 5.75 Å². The number of piperazine rings is 1. The molecule has 1 unspecified atom stereocenters. The summed E-state index contributed by atoms with van der Waals surface area (Å²) in [5.74, 6) is 5.01. The molecule has 0 aliphatic carbocycles. The topological polar surface area (TPSA) is 101 Å². The summed E-state index contributed by atoms with van der Waals surface area (Å²) in [6.45, 7) is 8.66. The number of fused-ring (bicyclic) bond motifs is 1. The van der Waals surface area contributed by atoms with Gasteiger partial charge in [-0.15, -0.1) is 0 Å². The molecule has 10 heteroatoms. The Bertz CT molecular complexity index is 1460. The van der Waals surface area contributed by atoms with E-state index in [2.05, 4.69) is 11.8 Å². The first kappa shape index (κ1) is 27.6. The molecular weight excluding hydrogens is 513 g/mol. The lowest BCUT2D eigenvalue weighted by atomic mass is 10.0. The van der Waals surface area contributed by atoms with Gasteiger partial charge in [0, 0.05) is 62.0 Å². The monoisotopic (exact) mass is 549 g/mol. The zero-order chi connectivity index (χ0) is 28.7. The number of ketones is 1. The van der Waals surface area contributed by atoms with Crippen molar-refractivity contribution in [3.8, 4) is 5.75 Å². The van der Waals surface area contributed by atoms with E-state index < -0.39 is 11.7 Å². The fourth-order valence-electron chi connectivity index (χ4n) is 5.94. The Balaban J connectivity index is 1.45. The van der Waals surface area contributed by atoms with Crippen molar-refractivity contribution in [2.75, 3.05) is 39.1 Å². The normalized spacial score (nSPS) is 19.8. The van der Waals surface area contributed by atoms with E-state index in [4.69, 9.17) is 10.6 Å². The number of Topliss-reactive ketones (excluding diaryl/α,β-unsaturated/α-hetero) is 1. The Labute approximate surface area is 233 Å². The molecule has 2 aliphatic heterocycles. The first-order valence-corrected chi connectivity index (χ1v) is 13.7. The second-order valence-electron chi connectivity index (χ2n) is 10.9. The Kier molecular flexibility index (Phi) is 7.55. The van der Waals surface area contributed by atoms with Crippen LogP contribution in [0.15, 0.2) is 36.4 Å². The van der Waals surface area contributed by atoms with E-state index in [1.165, 1.54) is 23.9 Å². The van der Waals surface area contributed by atoms with Gasteiger partial charge in [0.15, 0.2) is 0 Å². The van der Waals surface area contributed by atoms with Crippen molar-refractivity contribution >= 4 is 28.5 Å². The lowest BCUT2D eigenvalue weighted by molar-refractivity contribution is -0.125. The van der Waals surface area contributed by atoms with Gasteiger partial charge < -0.3 is 20.4 Å². The van der Waals surface area contributed by atoms with Crippen molar-refractivity contribution in [2.24, 2.45) is 0 Å². The molecule has 2 aliphatic rings. The number of methoxy groups -OCH3 is 1. The maximum atomic E-state index is 14.0. The zero-order valence-electron chi connectivity index (χ0n) is 23.4. The Morgan fingerprint density at radius 1 is 1.02 bits per heavy atom. The maximum Gasteiger partial charge on any atom is 0.295 e. The molecule has 5 rings (SSSR count). The number of carbonyl (C=O) groups is 3. The number of hydrogen-bond donors (Lipinski definition) is 1. The van der Waals surface area contributed by atoms with Crippen molar-refractivity contribution in [1.29, 1.82) is 0 Å². The van der Waals surface area contributed by atoms with Gasteiger partial charge in [0.25, 0.3) is 17.6 Å². The Hall–Kier alpha value is -3.92. The summed E-state index contributed by atoms with van der Waals surface area (Å²) in [7, 11) is 1.49. The molecule has 9 nitrogen and oxygen atoms in total. The number of hydrogen-bond acceptors (Lipinski definition) is 6. The van der Waals surface area contributed by atoms with Gasteiger partial charge >= 0.3 is 0 Å². The highest BCUT2D eigenvalue weighted by atomic mass is 19.1. The molecule has 212 valence electrons. The van der Waals surface area contributed by atoms with Gasteiger partial charge in [-0.2, -0.15) is 0 Å². The quantitative estimate of drug-likeness (QED) is 0.288. The minimum absolute atomic E-state index is 0.0579. The summed E-state index contributed by atoms with van der Waals surface area (Å²) in [5.41, 5.74) is 2.50. The molecule has 0 saturated carbocycles. The molecule has 1 aromatic heterocycles. The fourth-order valence-corrected chi connectivity index (χ4v) is 5.94. The van der Waals surface area contributed by atoms with Crippen molar-refractivity contribution in [3.63, 3.8) is 0 Å². The largest absolute Gasteiger partial charge is 0.496 e. The van der Waals surface area contributed by atoms with Gasteiger partial charge in [0.2, 0.25) is 0 Å². The summed E-state index contributed by atoms with van der Waals surface area (Å²) in [4.78, 5) is 46.1. The molecule has 3 heterocycles. The van der Waals surface area contributed by atoms with Crippen LogP contribution in [0.3, 0.4) is 0 Å². The van der Waals surface area contributed by atoms with Gasteiger partial charge in [-0.05, 0) is 57.4 Å². The molecule has 2 saturated heterocycles. The molecular formula is C30H36FN5O4. The van der Waals surface area contributed by atoms with Crippen LogP contribution in [0.2, 0.25) is 0 Å². The van der Waals surface area contributed by atoms with E-state index in [-0.39, 0.29) is 29.4 Å². The summed E-state index contributed by atoms with van der Waals surface area (Å²) in [6.07, 6.45) is 1.75. The first-order valence-electron chi connectivity index (χ1n) is 13.7. The molecule has 40 heavy (non-hydrogen) atoms. The second kappa shape index (κ2) is 10.9. The predicted molar refractivity (Wildman–Crippen MR) is 150 cm³/mol. The number of benzene rings is 2. The molecule has 2 aromatic carbocycles. The number of ether oxygens (including phenoxy) is 1. The summed E-state index contributed by atoms with van der Waals surface area (Å²) in [6, 6.07) is 9.72. The number of amides is 2. The zero-order valence-corrected chi connectivity index (χ0v) is 23.4. The van der Waals surface area contributed by atoms with Crippen LogP contribution < -0.4 is 10.6 Å². The van der Waals surface area contributed by atoms with Crippen LogP contribution in [0, 0.1) is 12.7 Å². The minimum atomic E-state index is -0.617. The average molecular weight is 550 g/mol. The van der Waals surface area contributed by atoms with E-state index in [0.29, 0.717) is 60.6 Å². The van der Waals surface area contributed by atoms with Crippen molar-refractivity contribution in [3.05, 3.63) is 64.6 Å². The number of aromatic nitrogens is 1. The number of carbonyl (C=O) groups excluding carboxylic acids is 3. The van der Waals surface area contributed by atoms with Crippen LogP contribution in [0.1, 0.15) is 58.7 Å². The van der Waals surface area contributed by atoms with Gasteiger partial charge in [-0.1, -0.05) is 12.1 Å². The number of halogens is 1. The Morgan fingerprint density at radius 2 is 1.70 bits per heavy atom. The highest BCUT2D eigenvalue weighted by Gasteiger charge is 2.35. The summed E-state index contributed by atoms with van der Waals surface area (Å²) >= 11 is 0. The molecule has 0 spiro atoms. The van der Waals surface area contributed by atoms with E-state index in [0.717, 1.165) is 18.4 Å². The third kappa shape index (κ3) is 4.92. The van der Waals surface area contributed by atoms with Gasteiger partial charge in [0.05, 0.1) is 23.8 Å². The van der Waals surface area contributed by atoms with Crippen molar-refractivity contribution in [1.82, 2.24) is 19.4 Å². The average Bonchev–Trinajstić information content (AvgIpc) is 3.57. The SMILES string of the molecule is COc1cc2c(cc1C(=O)N1C[C@H](C)N(Cc3ccc(F)cc3)CC1C)c(C(=O)C(=O)N1CCCC1)c(C)n2N. The van der Waals surface area contributed by atoms with Crippen molar-refractivity contribution < 1.29 is 23.5 Å². The maximum absolute atomic E-state index is 14.0. The van der Waals surface area contributed by atoms with E-state index in [1.54, 1.807) is 36.1 Å².